The number of hydrogen-bond acceptors (Lipinski definition) is 2. The fourth-order valence-corrected chi connectivity index (χ4v) is 1.79. The van der Waals surface area contributed by atoms with Crippen LogP contribution < -0.4 is 0 Å². The van der Waals surface area contributed by atoms with Crippen molar-refractivity contribution in [3.05, 3.63) is 36.0 Å². The summed E-state index contributed by atoms with van der Waals surface area (Å²) in [6.45, 7) is 6.40. The largest absolute Gasteiger partial charge is 0.508 e. The van der Waals surface area contributed by atoms with Crippen LogP contribution in [0.5, 0.6) is 5.75 Å². The third-order valence-electron chi connectivity index (χ3n) is 2.51. The minimum Gasteiger partial charge on any atom is -0.508 e. The zero-order chi connectivity index (χ0) is 11.1. The molecule has 1 N–H and O–H groups in total. The summed E-state index contributed by atoms with van der Waals surface area (Å²) in [6.07, 6.45) is 1.74. The first-order valence-corrected chi connectivity index (χ1v) is 5.07. The maximum Gasteiger partial charge on any atom is 0.118 e. The van der Waals surface area contributed by atoms with Crippen LogP contribution in [-0.4, -0.2) is 10.1 Å². The van der Waals surface area contributed by atoms with Gasteiger partial charge in [-0.1, -0.05) is 26.8 Å². The Bertz CT molecular complexity index is 497. The summed E-state index contributed by atoms with van der Waals surface area (Å²) in [6, 6.07) is 7.49. The third-order valence-corrected chi connectivity index (χ3v) is 2.51. The number of phenols is 1. The smallest absolute Gasteiger partial charge is 0.118 e. The summed E-state index contributed by atoms with van der Waals surface area (Å²) in [7, 11) is 0. The van der Waals surface area contributed by atoms with E-state index in [9.17, 15) is 5.11 Å². The van der Waals surface area contributed by atoms with Gasteiger partial charge in [-0.05, 0) is 23.1 Å². The highest BCUT2D eigenvalue weighted by Crippen LogP contribution is 2.32. The SMILES string of the molecule is CC(C)(C)c1cc(O)cc2ncccc12. The van der Waals surface area contributed by atoms with Gasteiger partial charge in [0, 0.05) is 17.6 Å². The lowest BCUT2D eigenvalue weighted by atomic mass is 9.84. The maximum atomic E-state index is 9.63. The molecule has 0 spiro atoms. The predicted molar refractivity (Wildman–Crippen MR) is 62.1 cm³/mol. The third kappa shape index (κ3) is 1.80. The first kappa shape index (κ1) is 9.97. The molecule has 1 aromatic heterocycles. The molecule has 2 rings (SSSR count). The van der Waals surface area contributed by atoms with Crippen LogP contribution in [0.4, 0.5) is 0 Å². The van der Waals surface area contributed by atoms with Crippen LogP contribution in [0.25, 0.3) is 10.9 Å². The number of nitrogens with zero attached hydrogens (tertiary/aromatic N) is 1. The molecule has 0 unspecified atom stereocenters. The van der Waals surface area contributed by atoms with E-state index in [0.29, 0.717) is 0 Å². The second-order valence-electron chi connectivity index (χ2n) is 4.81. The van der Waals surface area contributed by atoms with Gasteiger partial charge < -0.3 is 5.11 Å². The topological polar surface area (TPSA) is 33.1 Å². The molecule has 0 aliphatic rings. The molecule has 0 bridgehead atoms. The van der Waals surface area contributed by atoms with Gasteiger partial charge >= 0.3 is 0 Å². The molecule has 1 aromatic carbocycles. The molecule has 0 aliphatic heterocycles. The minimum atomic E-state index is 0.0139. The Morgan fingerprint density at radius 2 is 1.93 bits per heavy atom. The number of aromatic hydroxyl groups is 1. The molecule has 2 heteroatoms. The number of rotatable bonds is 0. The van der Waals surface area contributed by atoms with E-state index < -0.39 is 0 Å². The molecule has 0 saturated carbocycles. The Morgan fingerprint density at radius 1 is 1.20 bits per heavy atom. The van der Waals surface area contributed by atoms with E-state index >= 15 is 0 Å². The zero-order valence-electron chi connectivity index (χ0n) is 9.28. The van der Waals surface area contributed by atoms with Gasteiger partial charge in [-0.3, -0.25) is 4.98 Å². The average Bonchev–Trinajstić information content (AvgIpc) is 2.15. The summed E-state index contributed by atoms with van der Waals surface area (Å²) in [4.78, 5) is 4.26. The lowest BCUT2D eigenvalue weighted by Crippen LogP contribution is -2.11. The molecular weight excluding hydrogens is 186 g/mol. The minimum absolute atomic E-state index is 0.0139. The highest BCUT2D eigenvalue weighted by molar-refractivity contribution is 5.84. The Balaban J connectivity index is 2.83. The standard InChI is InChI=1S/C13H15NO/c1-13(2,3)11-7-9(15)8-12-10(11)5-4-6-14-12/h4-8,15H,1-3H3. The lowest BCUT2D eigenvalue weighted by molar-refractivity contribution is 0.472. The number of fused-ring (bicyclic) bond motifs is 1. The van der Waals surface area contributed by atoms with E-state index in [2.05, 4.69) is 25.8 Å². The van der Waals surface area contributed by atoms with Crippen molar-refractivity contribution in [3.8, 4) is 5.75 Å². The van der Waals surface area contributed by atoms with Crippen molar-refractivity contribution >= 4 is 10.9 Å². The summed E-state index contributed by atoms with van der Waals surface area (Å²) in [5.74, 6) is 0.283. The number of hydrogen-bond donors (Lipinski definition) is 1. The first-order valence-electron chi connectivity index (χ1n) is 5.07. The van der Waals surface area contributed by atoms with Gasteiger partial charge in [-0.15, -0.1) is 0 Å². The number of aromatic nitrogens is 1. The molecule has 78 valence electrons. The summed E-state index contributed by atoms with van der Waals surface area (Å²) < 4.78 is 0. The Labute approximate surface area is 89.6 Å². The van der Waals surface area contributed by atoms with Crippen molar-refractivity contribution in [1.29, 1.82) is 0 Å². The van der Waals surface area contributed by atoms with Crippen molar-refractivity contribution in [1.82, 2.24) is 4.98 Å². The van der Waals surface area contributed by atoms with Crippen LogP contribution in [0.3, 0.4) is 0 Å². The van der Waals surface area contributed by atoms with Gasteiger partial charge in [0.1, 0.15) is 5.75 Å². The molecule has 0 atom stereocenters. The molecule has 2 nitrogen and oxygen atoms in total. The number of benzene rings is 1. The van der Waals surface area contributed by atoms with Crippen molar-refractivity contribution < 1.29 is 5.11 Å². The van der Waals surface area contributed by atoms with E-state index in [-0.39, 0.29) is 11.2 Å². The molecular formula is C13H15NO. The molecule has 2 aromatic rings. The average molecular weight is 201 g/mol. The molecule has 0 amide bonds. The van der Waals surface area contributed by atoms with Crippen LogP contribution in [0, 0.1) is 0 Å². The van der Waals surface area contributed by atoms with E-state index in [0.717, 1.165) is 16.5 Å². The van der Waals surface area contributed by atoms with Gasteiger partial charge in [0.2, 0.25) is 0 Å². The van der Waals surface area contributed by atoms with Crippen LogP contribution in [0.15, 0.2) is 30.5 Å². The van der Waals surface area contributed by atoms with Gasteiger partial charge in [0.25, 0.3) is 0 Å². The van der Waals surface area contributed by atoms with Crippen LogP contribution in [0.1, 0.15) is 26.3 Å². The summed E-state index contributed by atoms with van der Waals surface area (Å²) >= 11 is 0. The van der Waals surface area contributed by atoms with Crippen LogP contribution in [0.2, 0.25) is 0 Å². The molecule has 1 heterocycles. The Kier molecular flexibility index (Phi) is 2.14. The quantitative estimate of drug-likeness (QED) is 0.709. The lowest BCUT2D eigenvalue weighted by Gasteiger charge is -2.21. The summed E-state index contributed by atoms with van der Waals surface area (Å²) in [5, 5.41) is 10.7. The van der Waals surface area contributed by atoms with E-state index in [1.54, 1.807) is 12.3 Å². The zero-order valence-corrected chi connectivity index (χ0v) is 9.28. The predicted octanol–water partition coefficient (Wildman–Crippen LogP) is 3.24. The van der Waals surface area contributed by atoms with Crippen molar-refractivity contribution in [3.63, 3.8) is 0 Å². The van der Waals surface area contributed by atoms with Crippen molar-refractivity contribution in [2.75, 3.05) is 0 Å². The highest BCUT2D eigenvalue weighted by Gasteiger charge is 2.17. The van der Waals surface area contributed by atoms with Gasteiger partial charge in [0.15, 0.2) is 0 Å². The second-order valence-corrected chi connectivity index (χ2v) is 4.81. The van der Waals surface area contributed by atoms with E-state index in [4.69, 9.17) is 0 Å². The van der Waals surface area contributed by atoms with Crippen molar-refractivity contribution in [2.45, 2.75) is 26.2 Å². The summed E-state index contributed by atoms with van der Waals surface area (Å²) in [5.41, 5.74) is 1.99. The molecule has 0 fully saturated rings. The van der Waals surface area contributed by atoms with Crippen LogP contribution in [-0.2, 0) is 5.41 Å². The normalized spacial score (nSPS) is 11.9. The van der Waals surface area contributed by atoms with Gasteiger partial charge in [-0.2, -0.15) is 0 Å². The molecule has 0 radical (unpaired) electrons. The van der Waals surface area contributed by atoms with Gasteiger partial charge in [0.05, 0.1) is 5.52 Å². The second kappa shape index (κ2) is 3.23. The Morgan fingerprint density at radius 3 is 2.60 bits per heavy atom. The number of pyridine rings is 1. The fraction of sp³-hybridized carbons (Fsp3) is 0.308. The fourth-order valence-electron chi connectivity index (χ4n) is 1.79. The van der Waals surface area contributed by atoms with Crippen molar-refractivity contribution in [2.24, 2.45) is 0 Å². The monoisotopic (exact) mass is 201 g/mol. The van der Waals surface area contributed by atoms with Crippen LogP contribution >= 0.6 is 0 Å². The molecule has 0 saturated heterocycles. The van der Waals surface area contributed by atoms with E-state index in [1.165, 1.54) is 0 Å². The maximum absolute atomic E-state index is 9.63. The number of phenolic OH excluding ortho intramolecular Hbond substituents is 1. The van der Waals surface area contributed by atoms with Gasteiger partial charge in [-0.25, -0.2) is 0 Å². The Hall–Kier alpha value is -1.57. The first-order chi connectivity index (χ1) is 6.98. The molecule has 0 aliphatic carbocycles. The highest BCUT2D eigenvalue weighted by atomic mass is 16.3. The van der Waals surface area contributed by atoms with E-state index in [1.807, 2.05) is 18.2 Å². The molecule has 15 heavy (non-hydrogen) atoms.